The fourth-order valence-corrected chi connectivity index (χ4v) is 2.79. The molecule has 1 N–H and O–H groups in total. The van der Waals surface area contributed by atoms with E-state index in [1.54, 1.807) is 0 Å². The first-order valence-corrected chi connectivity index (χ1v) is 7.03. The van der Waals surface area contributed by atoms with Gasteiger partial charge in [0.05, 0.1) is 6.54 Å². The van der Waals surface area contributed by atoms with Crippen molar-refractivity contribution in [2.45, 2.75) is 38.6 Å². The summed E-state index contributed by atoms with van der Waals surface area (Å²) >= 11 is 0. The zero-order valence-electron chi connectivity index (χ0n) is 11.0. The SMILES string of the molecule is CCN(CC(=O)N1CCCC1)CC1CCCN1. The monoisotopic (exact) mass is 239 g/mol. The van der Waals surface area contributed by atoms with Crippen molar-refractivity contribution < 1.29 is 4.79 Å². The number of hydrogen-bond acceptors (Lipinski definition) is 3. The molecule has 2 saturated heterocycles. The van der Waals surface area contributed by atoms with E-state index < -0.39 is 0 Å². The highest BCUT2D eigenvalue weighted by Gasteiger charge is 2.22. The van der Waals surface area contributed by atoms with E-state index in [0.717, 1.165) is 32.7 Å². The number of amides is 1. The van der Waals surface area contributed by atoms with Crippen LogP contribution in [-0.4, -0.2) is 61.0 Å². The van der Waals surface area contributed by atoms with Crippen LogP contribution < -0.4 is 5.32 Å². The molecule has 17 heavy (non-hydrogen) atoms. The Balaban J connectivity index is 1.75. The van der Waals surface area contributed by atoms with Crippen molar-refractivity contribution in [3.05, 3.63) is 0 Å². The molecule has 2 aliphatic rings. The zero-order valence-corrected chi connectivity index (χ0v) is 11.0. The standard InChI is InChI=1S/C13H25N3O/c1-2-15(10-12-6-5-7-14-12)11-13(17)16-8-3-4-9-16/h12,14H,2-11H2,1H3. The molecule has 1 unspecified atom stereocenters. The van der Waals surface area contributed by atoms with Gasteiger partial charge in [0.1, 0.15) is 0 Å². The molecular weight excluding hydrogens is 214 g/mol. The third-order valence-electron chi connectivity index (χ3n) is 3.91. The van der Waals surface area contributed by atoms with Crippen molar-refractivity contribution >= 4 is 5.91 Å². The topological polar surface area (TPSA) is 35.6 Å². The molecule has 4 heteroatoms. The normalized spacial score (nSPS) is 24.8. The second-order valence-corrected chi connectivity index (χ2v) is 5.21. The van der Waals surface area contributed by atoms with Gasteiger partial charge in [-0.05, 0) is 38.8 Å². The van der Waals surface area contributed by atoms with E-state index in [1.807, 2.05) is 4.90 Å². The third-order valence-corrected chi connectivity index (χ3v) is 3.91. The van der Waals surface area contributed by atoms with Gasteiger partial charge in [-0.1, -0.05) is 6.92 Å². The molecule has 0 aromatic rings. The second-order valence-electron chi connectivity index (χ2n) is 5.21. The van der Waals surface area contributed by atoms with Gasteiger partial charge in [0.2, 0.25) is 5.91 Å². The summed E-state index contributed by atoms with van der Waals surface area (Å²) in [5.74, 6) is 0.322. The van der Waals surface area contributed by atoms with E-state index in [-0.39, 0.29) is 0 Å². The number of rotatable bonds is 5. The van der Waals surface area contributed by atoms with Gasteiger partial charge in [-0.25, -0.2) is 0 Å². The van der Waals surface area contributed by atoms with Gasteiger partial charge in [0.15, 0.2) is 0 Å². The van der Waals surface area contributed by atoms with Crippen LogP contribution >= 0.6 is 0 Å². The van der Waals surface area contributed by atoms with Crippen LogP contribution in [-0.2, 0) is 4.79 Å². The van der Waals surface area contributed by atoms with Crippen molar-refractivity contribution in [1.29, 1.82) is 0 Å². The summed E-state index contributed by atoms with van der Waals surface area (Å²) in [5, 5.41) is 3.50. The summed E-state index contributed by atoms with van der Waals surface area (Å²) < 4.78 is 0. The zero-order chi connectivity index (χ0) is 12.1. The Morgan fingerprint density at radius 1 is 1.35 bits per heavy atom. The number of carbonyl (C=O) groups excluding carboxylic acids is 1. The van der Waals surface area contributed by atoms with Crippen LogP contribution in [0.3, 0.4) is 0 Å². The molecule has 0 spiro atoms. The highest BCUT2D eigenvalue weighted by Crippen LogP contribution is 2.10. The van der Waals surface area contributed by atoms with Crippen molar-refractivity contribution in [3.8, 4) is 0 Å². The van der Waals surface area contributed by atoms with Gasteiger partial charge in [0, 0.05) is 25.7 Å². The quantitative estimate of drug-likeness (QED) is 0.766. The van der Waals surface area contributed by atoms with E-state index in [4.69, 9.17) is 0 Å². The lowest BCUT2D eigenvalue weighted by atomic mass is 10.2. The molecule has 2 fully saturated rings. The highest BCUT2D eigenvalue weighted by molar-refractivity contribution is 5.78. The summed E-state index contributed by atoms with van der Waals surface area (Å²) in [7, 11) is 0. The van der Waals surface area contributed by atoms with Gasteiger partial charge < -0.3 is 10.2 Å². The molecule has 0 saturated carbocycles. The lowest BCUT2D eigenvalue weighted by molar-refractivity contribution is -0.131. The minimum Gasteiger partial charge on any atom is -0.342 e. The maximum Gasteiger partial charge on any atom is 0.236 e. The molecule has 1 atom stereocenters. The van der Waals surface area contributed by atoms with E-state index in [0.29, 0.717) is 18.5 Å². The molecule has 2 rings (SSSR count). The minimum absolute atomic E-state index is 0.322. The molecule has 4 nitrogen and oxygen atoms in total. The Morgan fingerprint density at radius 2 is 2.12 bits per heavy atom. The molecule has 0 aromatic carbocycles. The molecule has 98 valence electrons. The Hall–Kier alpha value is -0.610. The van der Waals surface area contributed by atoms with E-state index in [9.17, 15) is 4.79 Å². The maximum atomic E-state index is 12.1. The number of likely N-dealkylation sites (N-methyl/N-ethyl adjacent to an activating group) is 1. The Labute approximate surface area is 104 Å². The van der Waals surface area contributed by atoms with Crippen LogP contribution in [0.5, 0.6) is 0 Å². The van der Waals surface area contributed by atoms with Crippen molar-refractivity contribution in [3.63, 3.8) is 0 Å². The molecule has 0 aliphatic carbocycles. The second kappa shape index (κ2) is 6.36. The first-order valence-electron chi connectivity index (χ1n) is 7.03. The molecule has 0 radical (unpaired) electrons. The molecule has 1 amide bonds. The number of likely N-dealkylation sites (tertiary alicyclic amines) is 1. The van der Waals surface area contributed by atoms with Gasteiger partial charge in [-0.2, -0.15) is 0 Å². The van der Waals surface area contributed by atoms with Crippen LogP contribution in [0.2, 0.25) is 0 Å². The summed E-state index contributed by atoms with van der Waals surface area (Å²) in [4.78, 5) is 16.4. The van der Waals surface area contributed by atoms with Crippen LogP contribution in [0.1, 0.15) is 32.6 Å². The van der Waals surface area contributed by atoms with Gasteiger partial charge in [-0.3, -0.25) is 9.69 Å². The Morgan fingerprint density at radius 3 is 2.71 bits per heavy atom. The van der Waals surface area contributed by atoms with Crippen LogP contribution in [0.15, 0.2) is 0 Å². The summed E-state index contributed by atoms with van der Waals surface area (Å²) in [6.45, 7) is 7.83. The Bertz CT molecular complexity index is 245. The van der Waals surface area contributed by atoms with Crippen LogP contribution in [0.25, 0.3) is 0 Å². The number of carbonyl (C=O) groups is 1. The predicted octanol–water partition coefficient (Wildman–Crippen LogP) is 0.683. The lowest BCUT2D eigenvalue weighted by Gasteiger charge is -2.26. The largest absolute Gasteiger partial charge is 0.342 e. The summed E-state index contributed by atoms with van der Waals surface area (Å²) in [6, 6.07) is 0.598. The number of hydrogen-bond donors (Lipinski definition) is 1. The van der Waals surface area contributed by atoms with Gasteiger partial charge in [-0.15, -0.1) is 0 Å². The van der Waals surface area contributed by atoms with Gasteiger partial charge >= 0.3 is 0 Å². The van der Waals surface area contributed by atoms with Crippen molar-refractivity contribution in [2.24, 2.45) is 0 Å². The van der Waals surface area contributed by atoms with E-state index in [2.05, 4.69) is 17.1 Å². The lowest BCUT2D eigenvalue weighted by Crippen LogP contribution is -2.43. The van der Waals surface area contributed by atoms with Crippen LogP contribution in [0.4, 0.5) is 0 Å². The number of nitrogens with zero attached hydrogens (tertiary/aromatic N) is 2. The van der Waals surface area contributed by atoms with E-state index >= 15 is 0 Å². The van der Waals surface area contributed by atoms with Crippen molar-refractivity contribution in [1.82, 2.24) is 15.1 Å². The average Bonchev–Trinajstić information content (AvgIpc) is 3.00. The fourth-order valence-electron chi connectivity index (χ4n) is 2.79. The first-order chi connectivity index (χ1) is 8.29. The smallest absolute Gasteiger partial charge is 0.236 e. The van der Waals surface area contributed by atoms with Gasteiger partial charge in [0.25, 0.3) is 0 Å². The molecule has 2 aliphatic heterocycles. The fraction of sp³-hybridized carbons (Fsp3) is 0.923. The highest BCUT2D eigenvalue weighted by atomic mass is 16.2. The molecular formula is C13H25N3O. The van der Waals surface area contributed by atoms with E-state index in [1.165, 1.54) is 25.7 Å². The van der Waals surface area contributed by atoms with Crippen LogP contribution in [0, 0.1) is 0 Å². The maximum absolute atomic E-state index is 12.1. The molecule has 0 aromatic heterocycles. The predicted molar refractivity (Wildman–Crippen MR) is 69.0 cm³/mol. The molecule has 2 heterocycles. The molecule has 0 bridgehead atoms. The van der Waals surface area contributed by atoms with Crippen molar-refractivity contribution in [2.75, 3.05) is 39.3 Å². The Kier molecular flexibility index (Phi) is 4.80. The average molecular weight is 239 g/mol. The minimum atomic E-state index is 0.322. The summed E-state index contributed by atoms with van der Waals surface area (Å²) in [6.07, 6.45) is 4.90. The third kappa shape index (κ3) is 3.68. The first kappa shape index (κ1) is 12.8. The summed E-state index contributed by atoms with van der Waals surface area (Å²) in [5.41, 5.74) is 0. The number of nitrogens with one attached hydrogen (secondary N) is 1.